The molecule has 37 heavy (non-hydrogen) atoms. The van der Waals surface area contributed by atoms with Gasteiger partial charge in [0.1, 0.15) is 5.82 Å². The first-order valence-corrected chi connectivity index (χ1v) is 14.9. The summed E-state index contributed by atoms with van der Waals surface area (Å²) in [7, 11) is -3.26. The molecule has 5 rings (SSSR count). The van der Waals surface area contributed by atoms with Crippen LogP contribution in [0.15, 0.2) is 54.6 Å². The summed E-state index contributed by atoms with van der Waals surface area (Å²) in [5, 5.41) is 7.38. The summed E-state index contributed by atoms with van der Waals surface area (Å²) < 4.78 is 32.3. The van der Waals surface area contributed by atoms with Gasteiger partial charge in [0.15, 0.2) is 5.13 Å². The molecule has 11 heteroatoms. The van der Waals surface area contributed by atoms with Gasteiger partial charge in [-0.3, -0.25) is 0 Å². The fourth-order valence-electron chi connectivity index (χ4n) is 4.21. The lowest BCUT2D eigenvalue weighted by atomic mass is 10.1. The van der Waals surface area contributed by atoms with E-state index in [9.17, 15) is 8.42 Å². The highest BCUT2D eigenvalue weighted by Crippen LogP contribution is 2.29. The summed E-state index contributed by atoms with van der Waals surface area (Å²) in [5.41, 5.74) is 4.22. The van der Waals surface area contributed by atoms with Crippen molar-refractivity contribution in [1.82, 2.24) is 19.3 Å². The third kappa shape index (κ3) is 6.61. The maximum absolute atomic E-state index is 12.0. The average Bonchev–Trinajstić information content (AvgIpc) is 3.29. The Labute approximate surface area is 221 Å². The molecular weight excluding hydrogens is 508 g/mol. The molecule has 194 valence electrons. The van der Waals surface area contributed by atoms with Crippen LogP contribution in [0.5, 0.6) is 0 Å². The van der Waals surface area contributed by atoms with Gasteiger partial charge in [0.25, 0.3) is 0 Å². The summed E-state index contributed by atoms with van der Waals surface area (Å²) in [4.78, 5) is 14.1. The van der Waals surface area contributed by atoms with Crippen molar-refractivity contribution >= 4 is 48.5 Å². The van der Waals surface area contributed by atoms with Crippen molar-refractivity contribution in [2.45, 2.75) is 25.9 Å². The molecule has 2 N–H and O–H groups in total. The van der Waals surface area contributed by atoms with Crippen LogP contribution in [-0.2, 0) is 27.6 Å². The first-order chi connectivity index (χ1) is 17.9. The highest BCUT2D eigenvalue weighted by molar-refractivity contribution is 7.88. The van der Waals surface area contributed by atoms with E-state index in [-0.39, 0.29) is 6.10 Å². The molecule has 1 fully saturated rings. The Hall–Kier alpha value is -3.12. The monoisotopic (exact) mass is 538 g/mol. The highest BCUT2D eigenvalue weighted by atomic mass is 32.2. The van der Waals surface area contributed by atoms with Crippen molar-refractivity contribution in [3.8, 4) is 0 Å². The molecular formula is C26H30N6O3S2. The number of morpholine rings is 1. The molecule has 2 aromatic heterocycles. The SMILES string of the molecule is CCc1ccc2nc(Nc3cc(Cc4ccccc4)nc(NCC4CN(S(C)(=O)=O)CCO4)n3)sc2c1. The second kappa shape index (κ2) is 11.1. The fourth-order valence-corrected chi connectivity index (χ4v) is 5.99. The minimum atomic E-state index is -3.26. The molecule has 0 amide bonds. The number of sulfonamides is 1. The third-order valence-electron chi connectivity index (χ3n) is 6.16. The van der Waals surface area contributed by atoms with Crippen LogP contribution in [0.4, 0.5) is 16.9 Å². The van der Waals surface area contributed by atoms with Gasteiger partial charge < -0.3 is 15.4 Å². The number of thiazole rings is 1. The molecule has 1 saturated heterocycles. The van der Waals surface area contributed by atoms with E-state index < -0.39 is 10.0 Å². The highest BCUT2D eigenvalue weighted by Gasteiger charge is 2.26. The normalized spacial score (nSPS) is 16.6. The summed E-state index contributed by atoms with van der Waals surface area (Å²) in [6.07, 6.45) is 2.56. The van der Waals surface area contributed by atoms with Gasteiger partial charge in [-0.1, -0.05) is 54.7 Å². The van der Waals surface area contributed by atoms with E-state index in [1.54, 1.807) is 11.3 Å². The Morgan fingerprint density at radius 1 is 1.08 bits per heavy atom. The lowest BCUT2D eigenvalue weighted by Gasteiger charge is -2.31. The first kappa shape index (κ1) is 25.5. The zero-order valence-corrected chi connectivity index (χ0v) is 22.5. The van der Waals surface area contributed by atoms with Gasteiger partial charge in [0, 0.05) is 32.1 Å². The molecule has 1 aliphatic rings. The van der Waals surface area contributed by atoms with Crippen molar-refractivity contribution in [3.05, 3.63) is 71.4 Å². The molecule has 2 aromatic carbocycles. The van der Waals surface area contributed by atoms with E-state index in [0.29, 0.717) is 44.4 Å². The predicted octanol–water partition coefficient (Wildman–Crippen LogP) is 4.06. The topological polar surface area (TPSA) is 109 Å². The second-order valence-electron chi connectivity index (χ2n) is 9.02. The number of aromatic nitrogens is 3. The molecule has 0 saturated carbocycles. The number of nitrogens with zero attached hydrogens (tertiary/aromatic N) is 4. The number of nitrogens with one attached hydrogen (secondary N) is 2. The molecule has 0 aliphatic carbocycles. The van der Waals surface area contributed by atoms with Gasteiger partial charge in [0.05, 0.1) is 34.9 Å². The smallest absolute Gasteiger partial charge is 0.224 e. The van der Waals surface area contributed by atoms with Crippen LogP contribution in [0.2, 0.25) is 0 Å². The number of aryl methyl sites for hydroxylation is 1. The Morgan fingerprint density at radius 3 is 2.70 bits per heavy atom. The zero-order chi connectivity index (χ0) is 25.8. The quantitative estimate of drug-likeness (QED) is 0.328. The Kier molecular flexibility index (Phi) is 7.65. The van der Waals surface area contributed by atoms with Crippen LogP contribution < -0.4 is 10.6 Å². The van der Waals surface area contributed by atoms with E-state index in [2.05, 4.69) is 46.8 Å². The van der Waals surface area contributed by atoms with Gasteiger partial charge in [-0.25, -0.2) is 18.4 Å². The number of fused-ring (bicyclic) bond motifs is 1. The van der Waals surface area contributed by atoms with Crippen LogP contribution in [0, 0.1) is 0 Å². The molecule has 0 radical (unpaired) electrons. The Bertz CT molecular complexity index is 1480. The Morgan fingerprint density at radius 2 is 1.92 bits per heavy atom. The third-order valence-corrected chi connectivity index (χ3v) is 8.37. The maximum atomic E-state index is 12.0. The first-order valence-electron chi connectivity index (χ1n) is 12.2. The largest absolute Gasteiger partial charge is 0.374 e. The van der Waals surface area contributed by atoms with Gasteiger partial charge in [0.2, 0.25) is 16.0 Å². The number of hydrogen-bond donors (Lipinski definition) is 2. The van der Waals surface area contributed by atoms with Gasteiger partial charge in [-0.15, -0.1) is 0 Å². The maximum Gasteiger partial charge on any atom is 0.224 e. The summed E-state index contributed by atoms with van der Waals surface area (Å²) in [5.74, 6) is 1.09. The summed E-state index contributed by atoms with van der Waals surface area (Å²) in [6.45, 7) is 3.56. The van der Waals surface area contributed by atoms with Crippen LogP contribution in [0.25, 0.3) is 10.2 Å². The van der Waals surface area contributed by atoms with E-state index in [1.165, 1.54) is 16.1 Å². The molecule has 3 heterocycles. The molecule has 4 aromatic rings. The van der Waals surface area contributed by atoms with E-state index >= 15 is 0 Å². The molecule has 0 bridgehead atoms. The number of rotatable bonds is 9. The summed E-state index contributed by atoms with van der Waals surface area (Å²) >= 11 is 1.59. The summed E-state index contributed by atoms with van der Waals surface area (Å²) in [6, 6.07) is 18.4. The number of hydrogen-bond acceptors (Lipinski definition) is 9. The lowest BCUT2D eigenvalue weighted by molar-refractivity contribution is 0.00696. The minimum Gasteiger partial charge on any atom is -0.374 e. The number of ether oxygens (including phenoxy) is 1. The van der Waals surface area contributed by atoms with Crippen molar-refractivity contribution in [3.63, 3.8) is 0 Å². The molecule has 0 spiro atoms. The fraction of sp³-hybridized carbons (Fsp3) is 0.346. The molecule has 1 atom stereocenters. The predicted molar refractivity (Wildman–Crippen MR) is 148 cm³/mol. The van der Waals surface area contributed by atoms with Crippen LogP contribution in [-0.4, -0.2) is 66.3 Å². The van der Waals surface area contributed by atoms with Crippen molar-refractivity contribution in [2.24, 2.45) is 0 Å². The average molecular weight is 539 g/mol. The number of anilines is 3. The van der Waals surface area contributed by atoms with Crippen LogP contribution >= 0.6 is 11.3 Å². The Balaban J connectivity index is 1.36. The van der Waals surface area contributed by atoms with Gasteiger partial charge in [-0.05, 0) is 29.7 Å². The number of benzene rings is 2. The second-order valence-corrected chi connectivity index (χ2v) is 12.0. The molecule has 1 unspecified atom stereocenters. The lowest BCUT2D eigenvalue weighted by Crippen LogP contribution is -2.47. The minimum absolute atomic E-state index is 0.293. The van der Waals surface area contributed by atoms with Crippen molar-refractivity contribution < 1.29 is 13.2 Å². The standard InChI is InChI=1S/C26H30N6O3S2/c1-3-18-9-10-22-23(14-18)36-26(29-22)31-24-15-20(13-19-7-5-4-6-8-19)28-25(30-24)27-16-21-17-32(11-12-35-21)37(2,33)34/h4-10,14-15,21H,3,11-13,16-17H2,1-2H3,(H2,27,28,29,30,31). The molecule has 1 aliphatic heterocycles. The molecule has 9 nitrogen and oxygen atoms in total. The van der Waals surface area contributed by atoms with Crippen LogP contribution in [0.1, 0.15) is 23.7 Å². The van der Waals surface area contributed by atoms with Crippen molar-refractivity contribution in [2.75, 3.05) is 43.1 Å². The van der Waals surface area contributed by atoms with E-state index in [4.69, 9.17) is 14.7 Å². The zero-order valence-electron chi connectivity index (χ0n) is 20.8. The van der Waals surface area contributed by atoms with E-state index in [1.807, 2.05) is 30.3 Å². The van der Waals surface area contributed by atoms with E-state index in [0.717, 1.165) is 33.0 Å². The van der Waals surface area contributed by atoms with Gasteiger partial charge >= 0.3 is 0 Å². The van der Waals surface area contributed by atoms with Crippen molar-refractivity contribution in [1.29, 1.82) is 0 Å². The van der Waals surface area contributed by atoms with Gasteiger partial charge in [-0.2, -0.15) is 9.29 Å². The van der Waals surface area contributed by atoms with Crippen LogP contribution in [0.3, 0.4) is 0 Å².